The molecule has 0 bridgehead atoms. The van der Waals surface area contributed by atoms with E-state index in [0.717, 1.165) is 0 Å². The fourth-order valence-corrected chi connectivity index (χ4v) is 2.38. The van der Waals surface area contributed by atoms with Gasteiger partial charge in [0.05, 0.1) is 5.56 Å². The van der Waals surface area contributed by atoms with Gasteiger partial charge in [0.15, 0.2) is 0 Å². The lowest BCUT2D eigenvalue weighted by molar-refractivity contribution is -0.118. The maximum absolute atomic E-state index is 13.7. The third-order valence-electron chi connectivity index (χ3n) is 3.80. The molecule has 0 heterocycles. The summed E-state index contributed by atoms with van der Waals surface area (Å²) in [5.41, 5.74) is 0.896. The smallest absolute Gasteiger partial charge is 0.254 e. The fraction of sp³-hybridized carbons (Fsp3) is 0.263. The van der Waals surface area contributed by atoms with Crippen LogP contribution in [0.1, 0.15) is 29.8 Å². The number of amides is 2. The van der Waals surface area contributed by atoms with Crippen molar-refractivity contribution in [1.29, 1.82) is 0 Å². The zero-order valence-electron chi connectivity index (χ0n) is 14.3. The average Bonchev–Trinajstić information content (AvgIpc) is 2.55. The number of hydrogen-bond acceptors (Lipinski definition) is 2. The molecule has 1 atom stereocenters. The number of anilines is 1. The van der Waals surface area contributed by atoms with Crippen molar-refractivity contribution >= 4 is 17.5 Å². The van der Waals surface area contributed by atoms with Crippen molar-refractivity contribution in [2.24, 2.45) is 5.92 Å². The van der Waals surface area contributed by atoms with Gasteiger partial charge in [0, 0.05) is 5.69 Å². The van der Waals surface area contributed by atoms with Crippen LogP contribution in [-0.4, -0.2) is 17.9 Å². The molecule has 0 saturated heterocycles. The normalized spacial score (nSPS) is 11.9. The van der Waals surface area contributed by atoms with E-state index in [1.807, 2.05) is 0 Å². The summed E-state index contributed by atoms with van der Waals surface area (Å²) in [7, 11) is 0. The van der Waals surface area contributed by atoms with Crippen LogP contribution in [0.25, 0.3) is 0 Å². The third-order valence-corrected chi connectivity index (χ3v) is 3.80. The molecule has 132 valence electrons. The molecule has 0 saturated carbocycles. The van der Waals surface area contributed by atoms with Crippen molar-refractivity contribution in [3.63, 3.8) is 0 Å². The minimum absolute atomic E-state index is 0.126. The SMILES string of the molecule is Cc1cc(F)ccc1NC(=O)[C@@H](NC(=O)c1ccccc1F)C(C)C. The average molecular weight is 346 g/mol. The molecule has 0 aliphatic carbocycles. The highest BCUT2D eigenvalue weighted by molar-refractivity contribution is 6.01. The highest BCUT2D eigenvalue weighted by Crippen LogP contribution is 2.17. The van der Waals surface area contributed by atoms with Crippen LogP contribution in [0.4, 0.5) is 14.5 Å². The molecule has 2 aromatic rings. The van der Waals surface area contributed by atoms with E-state index in [0.29, 0.717) is 11.3 Å². The zero-order chi connectivity index (χ0) is 18.6. The van der Waals surface area contributed by atoms with Crippen molar-refractivity contribution in [3.8, 4) is 0 Å². The predicted molar refractivity (Wildman–Crippen MR) is 92.3 cm³/mol. The largest absolute Gasteiger partial charge is 0.340 e. The molecule has 6 heteroatoms. The summed E-state index contributed by atoms with van der Waals surface area (Å²) in [4.78, 5) is 24.8. The Morgan fingerprint density at radius 2 is 1.72 bits per heavy atom. The second kappa shape index (κ2) is 7.88. The van der Waals surface area contributed by atoms with Crippen molar-refractivity contribution in [2.45, 2.75) is 26.8 Å². The molecule has 2 aromatic carbocycles. The van der Waals surface area contributed by atoms with E-state index >= 15 is 0 Å². The van der Waals surface area contributed by atoms with Gasteiger partial charge in [-0.3, -0.25) is 9.59 Å². The second-order valence-corrected chi connectivity index (χ2v) is 6.12. The molecule has 0 spiro atoms. The van der Waals surface area contributed by atoms with Gasteiger partial charge in [-0.2, -0.15) is 0 Å². The standard InChI is InChI=1S/C19H20F2N2O2/c1-11(2)17(23-18(24)14-6-4-5-7-15(14)21)19(25)22-16-9-8-13(20)10-12(16)3/h4-11,17H,1-3H3,(H,22,25)(H,23,24)/t17-/m0/s1. The maximum Gasteiger partial charge on any atom is 0.254 e. The summed E-state index contributed by atoms with van der Waals surface area (Å²) in [6.45, 7) is 5.20. The summed E-state index contributed by atoms with van der Waals surface area (Å²) in [6, 6.07) is 8.70. The van der Waals surface area contributed by atoms with Gasteiger partial charge >= 0.3 is 0 Å². The first-order valence-corrected chi connectivity index (χ1v) is 7.92. The molecule has 2 rings (SSSR count). The Bertz CT molecular complexity index is 791. The van der Waals surface area contributed by atoms with Gasteiger partial charge in [-0.15, -0.1) is 0 Å². The Labute approximate surface area is 145 Å². The Morgan fingerprint density at radius 3 is 2.32 bits per heavy atom. The zero-order valence-corrected chi connectivity index (χ0v) is 14.3. The first-order valence-electron chi connectivity index (χ1n) is 7.92. The van der Waals surface area contributed by atoms with Crippen LogP contribution in [0.15, 0.2) is 42.5 Å². The van der Waals surface area contributed by atoms with Gasteiger partial charge in [0.2, 0.25) is 5.91 Å². The maximum atomic E-state index is 13.7. The Morgan fingerprint density at radius 1 is 1.04 bits per heavy atom. The Balaban J connectivity index is 2.16. The molecule has 2 N–H and O–H groups in total. The van der Waals surface area contributed by atoms with E-state index in [2.05, 4.69) is 10.6 Å². The lowest BCUT2D eigenvalue weighted by Crippen LogP contribution is -2.47. The lowest BCUT2D eigenvalue weighted by atomic mass is 10.0. The van der Waals surface area contributed by atoms with Crippen molar-refractivity contribution in [2.75, 3.05) is 5.32 Å². The summed E-state index contributed by atoms with van der Waals surface area (Å²) in [6.07, 6.45) is 0. The van der Waals surface area contributed by atoms with Crippen LogP contribution in [0.5, 0.6) is 0 Å². The van der Waals surface area contributed by atoms with Crippen molar-refractivity contribution in [3.05, 3.63) is 65.2 Å². The van der Waals surface area contributed by atoms with Crippen LogP contribution in [0.3, 0.4) is 0 Å². The number of aryl methyl sites for hydroxylation is 1. The molecule has 0 radical (unpaired) electrons. The van der Waals surface area contributed by atoms with Crippen molar-refractivity contribution < 1.29 is 18.4 Å². The van der Waals surface area contributed by atoms with E-state index in [1.165, 1.54) is 36.4 Å². The monoisotopic (exact) mass is 346 g/mol. The molecular formula is C19H20F2N2O2. The molecule has 0 aliphatic rings. The van der Waals surface area contributed by atoms with Gasteiger partial charge in [-0.25, -0.2) is 8.78 Å². The van der Waals surface area contributed by atoms with Crippen LogP contribution < -0.4 is 10.6 Å². The topological polar surface area (TPSA) is 58.2 Å². The number of carbonyl (C=O) groups is 2. The van der Waals surface area contributed by atoms with Crippen LogP contribution >= 0.6 is 0 Å². The van der Waals surface area contributed by atoms with Gasteiger partial charge < -0.3 is 10.6 Å². The molecule has 4 nitrogen and oxygen atoms in total. The number of rotatable bonds is 5. The number of nitrogens with one attached hydrogen (secondary N) is 2. The molecule has 0 fully saturated rings. The number of benzene rings is 2. The highest BCUT2D eigenvalue weighted by Gasteiger charge is 2.26. The summed E-state index contributed by atoms with van der Waals surface area (Å²) < 4.78 is 26.9. The van der Waals surface area contributed by atoms with E-state index in [4.69, 9.17) is 0 Å². The molecule has 0 aromatic heterocycles. The van der Waals surface area contributed by atoms with Crippen molar-refractivity contribution in [1.82, 2.24) is 5.32 Å². The van der Waals surface area contributed by atoms with E-state index in [9.17, 15) is 18.4 Å². The number of halogens is 2. The van der Waals surface area contributed by atoms with Crippen LogP contribution in [-0.2, 0) is 4.79 Å². The molecule has 2 amide bonds. The Kier molecular flexibility index (Phi) is 5.85. The first kappa shape index (κ1) is 18.6. The van der Waals surface area contributed by atoms with Gasteiger partial charge in [0.25, 0.3) is 5.91 Å². The number of hydrogen-bond donors (Lipinski definition) is 2. The quantitative estimate of drug-likeness (QED) is 0.868. The molecule has 0 aliphatic heterocycles. The first-order chi connectivity index (χ1) is 11.8. The Hall–Kier alpha value is -2.76. The highest BCUT2D eigenvalue weighted by atomic mass is 19.1. The van der Waals surface area contributed by atoms with E-state index in [-0.39, 0.29) is 11.5 Å². The molecule has 0 unspecified atom stereocenters. The summed E-state index contributed by atoms with van der Waals surface area (Å²) >= 11 is 0. The van der Waals surface area contributed by atoms with Crippen LogP contribution in [0.2, 0.25) is 0 Å². The van der Waals surface area contributed by atoms with Gasteiger partial charge in [-0.05, 0) is 48.7 Å². The van der Waals surface area contributed by atoms with Gasteiger partial charge in [0.1, 0.15) is 17.7 Å². The summed E-state index contributed by atoms with van der Waals surface area (Å²) in [5.74, 6) is -2.39. The van der Waals surface area contributed by atoms with Gasteiger partial charge in [-0.1, -0.05) is 26.0 Å². The minimum Gasteiger partial charge on any atom is -0.340 e. The molecular weight excluding hydrogens is 326 g/mol. The second-order valence-electron chi connectivity index (χ2n) is 6.12. The van der Waals surface area contributed by atoms with E-state index < -0.39 is 29.5 Å². The molecule has 25 heavy (non-hydrogen) atoms. The minimum atomic E-state index is -0.864. The van der Waals surface area contributed by atoms with Crippen LogP contribution in [0, 0.1) is 24.5 Å². The fourth-order valence-electron chi connectivity index (χ4n) is 2.38. The predicted octanol–water partition coefficient (Wildman–Crippen LogP) is 3.67. The lowest BCUT2D eigenvalue weighted by Gasteiger charge is -2.22. The number of carbonyl (C=O) groups excluding carboxylic acids is 2. The summed E-state index contributed by atoms with van der Waals surface area (Å²) in [5, 5.41) is 5.24. The van der Waals surface area contributed by atoms with E-state index in [1.54, 1.807) is 26.8 Å². The third kappa shape index (κ3) is 4.62.